The van der Waals surface area contributed by atoms with Crippen molar-refractivity contribution in [3.05, 3.63) is 96.1 Å². The van der Waals surface area contributed by atoms with Crippen LogP contribution in [0.4, 0.5) is 0 Å². The molecule has 0 aliphatic carbocycles. The normalized spacial score (nSPS) is 27.8. The van der Waals surface area contributed by atoms with E-state index in [0.29, 0.717) is 18.5 Å². The molecule has 3 saturated heterocycles. The summed E-state index contributed by atoms with van der Waals surface area (Å²) in [4.78, 5) is 44.2. The molecular weight excluding hydrogens is 644 g/mol. The van der Waals surface area contributed by atoms with Gasteiger partial charge in [0.2, 0.25) is 17.7 Å². The number of fused-ring (bicyclic) bond motifs is 2. The van der Waals surface area contributed by atoms with Gasteiger partial charge in [0.1, 0.15) is 18.2 Å². The number of thioether (sulfide) groups is 1. The van der Waals surface area contributed by atoms with Crippen LogP contribution in [-0.4, -0.2) is 70.2 Å². The Labute approximate surface area is 266 Å². The number of para-hydroxylation sites is 1. The van der Waals surface area contributed by atoms with Gasteiger partial charge in [0.05, 0.1) is 34.7 Å². The van der Waals surface area contributed by atoms with E-state index in [1.165, 1.54) is 0 Å². The van der Waals surface area contributed by atoms with Gasteiger partial charge < -0.3 is 20.6 Å². The average Bonchev–Trinajstić information content (AvgIpc) is 3.77. The van der Waals surface area contributed by atoms with Gasteiger partial charge in [-0.25, -0.2) is 4.68 Å². The predicted molar refractivity (Wildman–Crippen MR) is 169 cm³/mol. The van der Waals surface area contributed by atoms with Crippen molar-refractivity contribution in [3.8, 4) is 0 Å². The minimum Gasteiger partial charge on any atom is -0.394 e. The van der Waals surface area contributed by atoms with Crippen molar-refractivity contribution in [3.63, 3.8) is 0 Å². The highest BCUT2D eigenvalue weighted by atomic mass is 79.9. The number of aromatic nitrogens is 3. The second kappa shape index (κ2) is 11.6. The number of hydrogen-bond donors (Lipinski definition) is 3. The summed E-state index contributed by atoms with van der Waals surface area (Å²) in [5, 5.41) is 24.9. The molecule has 3 aliphatic rings. The highest BCUT2D eigenvalue weighted by Crippen LogP contribution is 2.68. The number of aliphatic hydroxyl groups is 1. The smallest absolute Gasteiger partial charge is 0.245 e. The molecule has 7 rings (SSSR count). The summed E-state index contributed by atoms with van der Waals surface area (Å²) in [5.74, 6) is -2.19. The Kier molecular flexibility index (Phi) is 7.67. The number of aliphatic hydroxyl groups excluding tert-OH is 1. The van der Waals surface area contributed by atoms with Gasteiger partial charge >= 0.3 is 0 Å². The first-order valence-corrected chi connectivity index (χ1v) is 16.4. The number of carbonyl (C=O) groups excluding carboxylic acids is 3. The molecule has 1 aromatic heterocycles. The molecule has 0 saturated carbocycles. The summed E-state index contributed by atoms with van der Waals surface area (Å²) in [6.07, 6.45) is 0.537. The van der Waals surface area contributed by atoms with Gasteiger partial charge in [-0.2, -0.15) is 0 Å². The lowest BCUT2D eigenvalue weighted by Crippen LogP contribution is -2.55. The molecule has 4 heterocycles. The number of carbonyl (C=O) groups is 3. The number of benzene rings is 3. The van der Waals surface area contributed by atoms with E-state index in [0.717, 1.165) is 16.6 Å². The fraction of sp³-hybridized carbons (Fsp3) is 0.344. The van der Waals surface area contributed by atoms with Crippen molar-refractivity contribution in [1.82, 2.24) is 30.5 Å². The number of halogens is 1. The Morgan fingerprint density at radius 3 is 2.45 bits per heavy atom. The van der Waals surface area contributed by atoms with Crippen LogP contribution in [-0.2, 0) is 27.6 Å². The second-order valence-corrected chi connectivity index (χ2v) is 14.2. The molecule has 226 valence electrons. The SMILES string of the molecule is O=C(NCn1nnc2ccccc21)C1N([C@H](CO)c2ccccc2)C(=O)[C@@H]2[C@@H](C(=O)NCc3ccccc3)[C@@H]3SC12CC3Br. The first kappa shape index (κ1) is 29.0. The largest absolute Gasteiger partial charge is 0.394 e. The Morgan fingerprint density at radius 1 is 1.00 bits per heavy atom. The zero-order valence-corrected chi connectivity index (χ0v) is 26.0. The molecule has 3 fully saturated rings. The molecule has 44 heavy (non-hydrogen) atoms. The Balaban J connectivity index is 1.23. The second-order valence-electron chi connectivity index (χ2n) is 11.5. The van der Waals surface area contributed by atoms with Gasteiger partial charge in [-0.15, -0.1) is 16.9 Å². The molecule has 1 spiro atoms. The zero-order chi connectivity index (χ0) is 30.4. The number of amides is 3. The summed E-state index contributed by atoms with van der Waals surface area (Å²) in [5.41, 5.74) is 3.16. The topological polar surface area (TPSA) is 129 Å². The molecule has 0 radical (unpaired) electrons. The van der Waals surface area contributed by atoms with Crippen LogP contribution in [0.3, 0.4) is 0 Å². The zero-order valence-electron chi connectivity index (χ0n) is 23.6. The van der Waals surface area contributed by atoms with Crippen LogP contribution in [0.5, 0.6) is 0 Å². The fourth-order valence-corrected chi connectivity index (χ4v) is 10.8. The van der Waals surface area contributed by atoms with Gasteiger partial charge in [0.15, 0.2) is 0 Å². The Bertz CT molecular complexity index is 1710. The van der Waals surface area contributed by atoms with Crippen LogP contribution in [0.1, 0.15) is 23.6 Å². The molecule has 3 aromatic carbocycles. The molecular formula is C32H31BrN6O4S. The summed E-state index contributed by atoms with van der Waals surface area (Å²) in [6.45, 7) is 0.0323. The quantitative estimate of drug-likeness (QED) is 0.233. The fourth-order valence-electron chi connectivity index (χ4n) is 7.22. The first-order chi connectivity index (χ1) is 21.4. The van der Waals surface area contributed by atoms with E-state index < -0.39 is 28.7 Å². The third-order valence-electron chi connectivity index (χ3n) is 9.10. The molecule has 4 aromatic rings. The van der Waals surface area contributed by atoms with Crippen molar-refractivity contribution in [2.45, 2.75) is 46.5 Å². The average molecular weight is 676 g/mol. The molecule has 2 bridgehead atoms. The van der Waals surface area contributed by atoms with E-state index in [1.807, 2.05) is 84.9 Å². The standard InChI is InChI=1S/C32H31BrN6O4S/c33-21-15-32-26(25(27(21)44-32)29(41)34-16-19-9-3-1-4-10-19)31(43)39(24(17-40)20-11-5-2-6-12-20)28(32)30(42)35-18-38-23-14-8-7-13-22(23)36-37-38/h1-14,21,24-28,40H,15-18H2,(H,34,41)(H,35,42)/t21?,24-,25-,26+,27-,28?,32?/m1/s1. The van der Waals surface area contributed by atoms with Crippen LogP contribution < -0.4 is 10.6 Å². The molecule has 7 atom stereocenters. The third-order valence-corrected chi connectivity index (χ3v) is 12.3. The summed E-state index contributed by atoms with van der Waals surface area (Å²) in [6, 6.07) is 24.7. The van der Waals surface area contributed by atoms with E-state index in [2.05, 4.69) is 36.9 Å². The first-order valence-electron chi connectivity index (χ1n) is 14.6. The maximum absolute atomic E-state index is 14.6. The van der Waals surface area contributed by atoms with Gasteiger partial charge in [0, 0.05) is 16.6 Å². The lowest BCUT2D eigenvalue weighted by molar-refractivity contribution is -0.143. The van der Waals surface area contributed by atoms with Crippen LogP contribution >= 0.6 is 27.7 Å². The van der Waals surface area contributed by atoms with Gasteiger partial charge in [-0.1, -0.05) is 93.9 Å². The minimum atomic E-state index is -0.922. The van der Waals surface area contributed by atoms with Gasteiger partial charge in [-0.05, 0) is 29.7 Å². The Morgan fingerprint density at radius 2 is 1.70 bits per heavy atom. The van der Waals surface area contributed by atoms with E-state index in [1.54, 1.807) is 21.3 Å². The van der Waals surface area contributed by atoms with Crippen LogP contribution in [0.2, 0.25) is 0 Å². The molecule has 3 N–H and O–H groups in total. The molecule has 3 aliphatic heterocycles. The van der Waals surface area contributed by atoms with Crippen molar-refractivity contribution in [2.24, 2.45) is 11.8 Å². The number of rotatable bonds is 9. The lowest BCUT2D eigenvalue weighted by atomic mass is 9.70. The summed E-state index contributed by atoms with van der Waals surface area (Å²) >= 11 is 5.37. The van der Waals surface area contributed by atoms with E-state index in [-0.39, 0.29) is 41.1 Å². The summed E-state index contributed by atoms with van der Waals surface area (Å²) < 4.78 is 0.748. The van der Waals surface area contributed by atoms with E-state index in [9.17, 15) is 19.5 Å². The lowest BCUT2D eigenvalue weighted by Gasteiger charge is -2.37. The van der Waals surface area contributed by atoms with Crippen molar-refractivity contribution < 1.29 is 19.5 Å². The van der Waals surface area contributed by atoms with E-state index >= 15 is 0 Å². The highest BCUT2D eigenvalue weighted by molar-refractivity contribution is 9.09. The maximum Gasteiger partial charge on any atom is 0.245 e. The molecule has 3 amide bonds. The number of alkyl halides is 1. The molecule has 3 unspecified atom stereocenters. The van der Waals surface area contributed by atoms with Gasteiger partial charge in [-0.3, -0.25) is 14.4 Å². The van der Waals surface area contributed by atoms with Crippen LogP contribution in [0, 0.1) is 11.8 Å². The minimum absolute atomic E-state index is 0.0561. The van der Waals surface area contributed by atoms with Crippen LogP contribution in [0.15, 0.2) is 84.9 Å². The molecule has 10 nitrogen and oxygen atoms in total. The van der Waals surface area contributed by atoms with Crippen molar-refractivity contribution in [1.29, 1.82) is 0 Å². The predicted octanol–water partition coefficient (Wildman–Crippen LogP) is 3.02. The number of nitrogens with one attached hydrogen (secondary N) is 2. The number of nitrogens with zero attached hydrogens (tertiary/aromatic N) is 4. The van der Waals surface area contributed by atoms with Crippen molar-refractivity contribution in [2.75, 3.05) is 6.61 Å². The van der Waals surface area contributed by atoms with Crippen molar-refractivity contribution >= 4 is 56.4 Å². The summed E-state index contributed by atoms with van der Waals surface area (Å²) in [7, 11) is 0. The Hall–Kier alpha value is -3.74. The monoisotopic (exact) mass is 674 g/mol. The maximum atomic E-state index is 14.6. The number of likely N-dealkylation sites (tertiary alicyclic amines) is 1. The van der Waals surface area contributed by atoms with Crippen LogP contribution in [0.25, 0.3) is 11.0 Å². The third kappa shape index (κ3) is 4.70. The molecule has 12 heteroatoms. The van der Waals surface area contributed by atoms with E-state index in [4.69, 9.17) is 0 Å². The number of hydrogen-bond acceptors (Lipinski definition) is 7. The van der Waals surface area contributed by atoms with Gasteiger partial charge in [0.25, 0.3) is 0 Å². The highest BCUT2D eigenvalue weighted by Gasteiger charge is 2.76.